The summed E-state index contributed by atoms with van der Waals surface area (Å²) >= 11 is 0. The van der Waals surface area contributed by atoms with Gasteiger partial charge in [0, 0.05) is 0 Å². The molecule has 8 heteroatoms. The van der Waals surface area contributed by atoms with Crippen LogP contribution in [0.15, 0.2) is 12.2 Å². The van der Waals surface area contributed by atoms with Crippen LogP contribution in [0, 0.1) is 0 Å². The monoisotopic (exact) mass is 547 g/mol. The van der Waals surface area contributed by atoms with Crippen molar-refractivity contribution in [2.75, 3.05) is 5.75 Å². The van der Waals surface area contributed by atoms with E-state index in [0.29, 0.717) is 6.42 Å². The van der Waals surface area contributed by atoms with E-state index in [0.717, 1.165) is 38.5 Å². The number of amides is 1. The van der Waals surface area contributed by atoms with Crippen LogP contribution in [0.4, 0.5) is 0 Å². The third-order valence-corrected chi connectivity index (χ3v) is 7.60. The number of hydrogen-bond acceptors (Lipinski definition) is 5. The normalized spacial score (nSPS) is 14.6. The van der Waals surface area contributed by atoms with E-state index in [9.17, 15) is 28.0 Å². The Hall–Kier alpha value is -0.960. The summed E-state index contributed by atoms with van der Waals surface area (Å²) < 4.78 is 32.1. The van der Waals surface area contributed by atoms with Gasteiger partial charge in [-0.1, -0.05) is 135 Å². The van der Waals surface area contributed by atoms with E-state index in [2.05, 4.69) is 19.2 Å². The maximum absolute atomic E-state index is 12.4. The molecule has 4 N–H and O–H groups in total. The van der Waals surface area contributed by atoms with Gasteiger partial charge in [0.1, 0.15) is 6.10 Å². The van der Waals surface area contributed by atoms with Crippen molar-refractivity contribution in [1.29, 1.82) is 0 Å². The number of unbranched alkanes of at least 4 members (excludes halogenated alkanes) is 17. The third kappa shape index (κ3) is 23.9. The van der Waals surface area contributed by atoms with Crippen molar-refractivity contribution in [2.45, 2.75) is 161 Å². The Morgan fingerprint density at radius 3 is 1.62 bits per heavy atom. The van der Waals surface area contributed by atoms with Crippen LogP contribution in [0.25, 0.3) is 0 Å². The van der Waals surface area contributed by atoms with Crippen molar-refractivity contribution in [3.05, 3.63) is 12.2 Å². The predicted molar refractivity (Wildman–Crippen MR) is 153 cm³/mol. The van der Waals surface area contributed by atoms with Crippen LogP contribution in [-0.4, -0.2) is 53.1 Å². The first-order chi connectivity index (χ1) is 17.7. The van der Waals surface area contributed by atoms with Gasteiger partial charge in [-0.05, 0) is 19.3 Å². The first-order valence-electron chi connectivity index (χ1n) is 15.0. The van der Waals surface area contributed by atoms with Gasteiger partial charge in [-0.25, -0.2) is 0 Å². The summed E-state index contributed by atoms with van der Waals surface area (Å²) in [5.41, 5.74) is 0. The zero-order chi connectivity index (χ0) is 27.8. The predicted octanol–water partition coefficient (Wildman–Crippen LogP) is 6.48. The van der Waals surface area contributed by atoms with E-state index in [1.165, 1.54) is 83.1 Å². The number of aliphatic hydroxyl groups is 2. The molecule has 7 nitrogen and oxygen atoms in total. The van der Waals surface area contributed by atoms with Crippen molar-refractivity contribution in [3.63, 3.8) is 0 Å². The second kappa shape index (κ2) is 24.1. The number of nitrogens with one attached hydrogen (secondary N) is 1. The molecule has 0 radical (unpaired) electrons. The molecular formula is C29H57NO6S. The molecule has 0 aliphatic rings. The molecule has 0 rings (SSSR count). The molecule has 0 aromatic carbocycles. The molecule has 0 saturated carbocycles. The van der Waals surface area contributed by atoms with Crippen LogP contribution in [0.5, 0.6) is 0 Å². The molecule has 3 atom stereocenters. The zero-order valence-corrected chi connectivity index (χ0v) is 24.5. The average Bonchev–Trinajstić information content (AvgIpc) is 2.84. The van der Waals surface area contributed by atoms with E-state index in [1.807, 2.05) is 0 Å². The molecule has 0 aromatic rings. The number of aliphatic hydroxyl groups excluding tert-OH is 2. The average molecular weight is 548 g/mol. The molecule has 0 bridgehead atoms. The Bertz CT molecular complexity index is 667. The van der Waals surface area contributed by atoms with Gasteiger partial charge in [-0.3, -0.25) is 9.35 Å². The molecule has 37 heavy (non-hydrogen) atoms. The molecule has 0 aliphatic heterocycles. The van der Waals surface area contributed by atoms with Crippen molar-refractivity contribution in [2.24, 2.45) is 0 Å². The molecule has 0 fully saturated rings. The highest BCUT2D eigenvalue weighted by molar-refractivity contribution is 7.85. The van der Waals surface area contributed by atoms with Gasteiger partial charge in [0.05, 0.1) is 17.9 Å². The van der Waals surface area contributed by atoms with E-state index in [4.69, 9.17) is 0 Å². The Labute approximate surface area is 227 Å². The number of carbonyl (C=O) groups is 1. The maximum Gasteiger partial charge on any atom is 0.267 e. The van der Waals surface area contributed by atoms with Gasteiger partial charge >= 0.3 is 0 Å². The minimum absolute atomic E-state index is 0.282. The van der Waals surface area contributed by atoms with Crippen molar-refractivity contribution >= 4 is 16.0 Å². The van der Waals surface area contributed by atoms with Crippen LogP contribution >= 0.6 is 0 Å². The van der Waals surface area contributed by atoms with Crippen molar-refractivity contribution in [3.8, 4) is 0 Å². The minimum Gasteiger partial charge on any atom is -0.387 e. The summed E-state index contributed by atoms with van der Waals surface area (Å²) in [6.45, 7) is 4.41. The van der Waals surface area contributed by atoms with Crippen LogP contribution in [-0.2, 0) is 14.9 Å². The number of carbonyl (C=O) groups excluding carboxylic acids is 1. The summed E-state index contributed by atoms with van der Waals surface area (Å²) in [4.78, 5) is 12.4. The fourth-order valence-corrected chi connectivity index (χ4v) is 5.19. The molecule has 3 unspecified atom stereocenters. The quantitative estimate of drug-likeness (QED) is 0.0558. The lowest BCUT2D eigenvalue weighted by molar-refractivity contribution is -0.130. The van der Waals surface area contributed by atoms with Gasteiger partial charge in [0.2, 0.25) is 5.91 Å². The van der Waals surface area contributed by atoms with E-state index in [1.54, 1.807) is 6.08 Å². The molecule has 220 valence electrons. The number of rotatable bonds is 26. The van der Waals surface area contributed by atoms with Crippen molar-refractivity contribution in [1.82, 2.24) is 5.32 Å². The van der Waals surface area contributed by atoms with Crippen LogP contribution in [0.3, 0.4) is 0 Å². The summed E-state index contributed by atoms with van der Waals surface area (Å²) in [6, 6.07) is -1.22. The molecule has 0 spiro atoms. The topological polar surface area (TPSA) is 124 Å². The first kappa shape index (κ1) is 36.0. The van der Waals surface area contributed by atoms with Gasteiger partial charge in [0.15, 0.2) is 0 Å². The number of allylic oxidation sites excluding steroid dienone is 1. The summed E-state index contributed by atoms with van der Waals surface area (Å²) in [5.74, 6) is -1.54. The Balaban J connectivity index is 4.28. The Morgan fingerprint density at radius 1 is 0.730 bits per heavy atom. The number of hydrogen-bond donors (Lipinski definition) is 4. The van der Waals surface area contributed by atoms with E-state index >= 15 is 0 Å². The Morgan fingerprint density at radius 2 is 1.16 bits per heavy atom. The second-order valence-corrected chi connectivity index (χ2v) is 12.0. The highest BCUT2D eigenvalue weighted by Gasteiger charge is 2.27. The van der Waals surface area contributed by atoms with Crippen molar-refractivity contribution < 1.29 is 28.0 Å². The SMILES string of the molecule is CCCCCCCCCCCC/C=C/C(O)C(CS(=O)(=O)O)NC(=O)C(O)CCCCCCCCCC. The lowest BCUT2D eigenvalue weighted by atomic mass is 10.0. The lowest BCUT2D eigenvalue weighted by Gasteiger charge is -2.22. The highest BCUT2D eigenvalue weighted by Crippen LogP contribution is 2.13. The van der Waals surface area contributed by atoms with Gasteiger partial charge in [0.25, 0.3) is 10.1 Å². The molecule has 0 aliphatic carbocycles. The summed E-state index contributed by atoms with van der Waals surface area (Å²) in [5, 5.41) is 23.0. The van der Waals surface area contributed by atoms with Crippen LogP contribution in [0.2, 0.25) is 0 Å². The third-order valence-electron chi connectivity index (χ3n) is 6.82. The molecule has 0 saturated heterocycles. The largest absolute Gasteiger partial charge is 0.387 e. The highest BCUT2D eigenvalue weighted by atomic mass is 32.2. The molecule has 0 heterocycles. The maximum atomic E-state index is 12.4. The van der Waals surface area contributed by atoms with Gasteiger partial charge in [-0.15, -0.1) is 0 Å². The molecule has 1 amide bonds. The second-order valence-electron chi connectivity index (χ2n) is 10.5. The lowest BCUT2D eigenvalue weighted by Crippen LogP contribution is -2.50. The van der Waals surface area contributed by atoms with Crippen LogP contribution in [0.1, 0.15) is 142 Å². The zero-order valence-electron chi connectivity index (χ0n) is 23.7. The summed E-state index contributed by atoms with van der Waals surface area (Å²) in [7, 11) is -4.42. The molecular weight excluding hydrogens is 490 g/mol. The smallest absolute Gasteiger partial charge is 0.267 e. The van der Waals surface area contributed by atoms with Gasteiger partial charge < -0.3 is 15.5 Å². The minimum atomic E-state index is -4.42. The summed E-state index contributed by atoms with van der Waals surface area (Å²) in [6.07, 6.45) is 22.8. The van der Waals surface area contributed by atoms with E-state index < -0.39 is 40.0 Å². The van der Waals surface area contributed by atoms with E-state index in [-0.39, 0.29) is 6.42 Å². The van der Waals surface area contributed by atoms with Crippen LogP contribution < -0.4 is 5.32 Å². The Kier molecular flexibility index (Phi) is 23.5. The first-order valence-corrected chi connectivity index (χ1v) is 16.6. The standard InChI is InChI=1S/C29H57NO6S/c1-3-5-7-9-11-13-14-15-16-18-19-21-23-27(31)26(25-37(34,35)36)30-29(33)28(32)24-22-20-17-12-10-8-6-4-2/h21,23,26-28,31-32H,3-20,22,24-25H2,1-2H3,(H,30,33)(H,34,35,36)/b23-21+. The fourth-order valence-electron chi connectivity index (χ4n) is 4.45. The molecule has 0 aromatic heterocycles. The van der Waals surface area contributed by atoms with Gasteiger partial charge in [-0.2, -0.15) is 8.42 Å². The fraction of sp³-hybridized carbons (Fsp3) is 0.897.